The Morgan fingerprint density at radius 1 is 0.952 bits per heavy atom. The molecule has 3 nitrogen and oxygen atoms in total. The molecule has 0 atom stereocenters. The molecule has 0 unspecified atom stereocenters. The minimum Gasteiger partial charge on any atom is -0.454 e. The first-order valence-corrected chi connectivity index (χ1v) is 7.13. The van der Waals surface area contributed by atoms with Crippen molar-refractivity contribution in [2.45, 2.75) is 13.3 Å². The summed E-state index contributed by atoms with van der Waals surface area (Å²) in [5.74, 6) is 1.59. The Balaban J connectivity index is 1.80. The van der Waals surface area contributed by atoms with Gasteiger partial charge in [-0.05, 0) is 48.4 Å². The van der Waals surface area contributed by atoms with Crippen LogP contribution in [0.5, 0.6) is 11.5 Å². The Morgan fingerprint density at radius 3 is 2.76 bits per heavy atom. The van der Waals surface area contributed by atoms with E-state index in [-0.39, 0.29) is 0 Å². The van der Waals surface area contributed by atoms with Gasteiger partial charge in [-0.25, -0.2) is 4.98 Å². The summed E-state index contributed by atoms with van der Waals surface area (Å²) >= 11 is 0. The molecule has 4 rings (SSSR count). The summed E-state index contributed by atoms with van der Waals surface area (Å²) in [5, 5.41) is 1.18. The molecule has 3 heteroatoms. The highest BCUT2D eigenvalue weighted by Gasteiger charge is 2.14. The largest absolute Gasteiger partial charge is 0.454 e. The van der Waals surface area contributed by atoms with Crippen molar-refractivity contribution in [2.24, 2.45) is 0 Å². The maximum absolute atomic E-state index is 5.43. The molecule has 3 aromatic rings. The Labute approximate surface area is 123 Å². The smallest absolute Gasteiger partial charge is 0.231 e. The average molecular weight is 277 g/mol. The number of benzene rings is 2. The molecule has 0 aliphatic carbocycles. The van der Waals surface area contributed by atoms with Gasteiger partial charge < -0.3 is 9.47 Å². The van der Waals surface area contributed by atoms with Crippen molar-refractivity contribution >= 4 is 10.9 Å². The first-order chi connectivity index (χ1) is 10.3. The zero-order valence-corrected chi connectivity index (χ0v) is 11.8. The third-order valence-electron chi connectivity index (χ3n) is 3.83. The fourth-order valence-corrected chi connectivity index (χ4v) is 2.61. The summed E-state index contributed by atoms with van der Waals surface area (Å²) in [6.07, 6.45) is 1.04. The van der Waals surface area contributed by atoms with Crippen molar-refractivity contribution in [1.82, 2.24) is 4.98 Å². The molecule has 0 radical (unpaired) electrons. The summed E-state index contributed by atoms with van der Waals surface area (Å²) in [5.41, 5.74) is 4.34. The third-order valence-corrected chi connectivity index (χ3v) is 3.83. The normalized spacial score (nSPS) is 12.8. The maximum Gasteiger partial charge on any atom is 0.231 e. The Bertz CT molecular complexity index is 827. The third kappa shape index (κ3) is 2.11. The molecule has 1 aromatic heterocycles. The summed E-state index contributed by atoms with van der Waals surface area (Å²) < 4.78 is 10.8. The van der Waals surface area contributed by atoms with Crippen LogP contribution in [0.4, 0.5) is 0 Å². The van der Waals surface area contributed by atoms with E-state index >= 15 is 0 Å². The minimum absolute atomic E-state index is 0.295. The highest BCUT2D eigenvalue weighted by Crippen LogP contribution is 2.35. The molecule has 2 heterocycles. The maximum atomic E-state index is 5.43. The number of hydrogen-bond acceptors (Lipinski definition) is 3. The van der Waals surface area contributed by atoms with Gasteiger partial charge in [0.05, 0.1) is 11.2 Å². The molecule has 0 fully saturated rings. The van der Waals surface area contributed by atoms with Crippen molar-refractivity contribution in [3.8, 4) is 22.8 Å². The average Bonchev–Trinajstić information content (AvgIpc) is 3.01. The number of rotatable bonds is 2. The number of nitrogens with zero attached hydrogens (tertiary/aromatic N) is 1. The van der Waals surface area contributed by atoms with Gasteiger partial charge in [-0.15, -0.1) is 0 Å². The molecule has 0 saturated heterocycles. The first kappa shape index (κ1) is 12.2. The van der Waals surface area contributed by atoms with Gasteiger partial charge in [0.2, 0.25) is 6.79 Å². The lowest BCUT2D eigenvalue weighted by Gasteiger charge is -2.06. The van der Waals surface area contributed by atoms with E-state index in [2.05, 4.69) is 37.3 Å². The number of hydrogen-bond donors (Lipinski definition) is 0. The van der Waals surface area contributed by atoms with E-state index in [1.165, 1.54) is 10.9 Å². The van der Waals surface area contributed by atoms with Crippen LogP contribution in [0.15, 0.2) is 48.5 Å². The highest BCUT2D eigenvalue weighted by molar-refractivity contribution is 5.82. The number of fused-ring (bicyclic) bond motifs is 2. The molecule has 1 aliphatic rings. The van der Waals surface area contributed by atoms with Gasteiger partial charge in [0.15, 0.2) is 11.5 Å². The van der Waals surface area contributed by atoms with Crippen LogP contribution in [0.3, 0.4) is 0 Å². The summed E-state index contributed by atoms with van der Waals surface area (Å²) in [6.45, 7) is 2.46. The molecular formula is C18H15NO2. The zero-order valence-electron chi connectivity index (χ0n) is 11.8. The van der Waals surface area contributed by atoms with Crippen LogP contribution in [0.1, 0.15) is 12.5 Å². The monoisotopic (exact) mass is 277 g/mol. The Hall–Kier alpha value is -2.55. The van der Waals surface area contributed by atoms with Gasteiger partial charge in [0, 0.05) is 10.9 Å². The lowest BCUT2D eigenvalue weighted by atomic mass is 10.1. The van der Waals surface area contributed by atoms with Crippen LogP contribution in [0.25, 0.3) is 22.2 Å². The van der Waals surface area contributed by atoms with Crippen LogP contribution in [-0.4, -0.2) is 11.8 Å². The first-order valence-electron chi connectivity index (χ1n) is 7.13. The summed E-state index contributed by atoms with van der Waals surface area (Å²) in [7, 11) is 0. The van der Waals surface area contributed by atoms with Gasteiger partial charge in [0.25, 0.3) is 0 Å². The van der Waals surface area contributed by atoms with E-state index in [9.17, 15) is 0 Å². The number of ether oxygens (including phenoxy) is 2. The van der Waals surface area contributed by atoms with Gasteiger partial charge in [-0.3, -0.25) is 0 Å². The quantitative estimate of drug-likeness (QED) is 0.703. The number of aromatic nitrogens is 1. The fraction of sp³-hybridized carbons (Fsp3) is 0.167. The van der Waals surface area contributed by atoms with Crippen LogP contribution in [0, 0.1) is 0 Å². The van der Waals surface area contributed by atoms with Crippen LogP contribution in [-0.2, 0) is 6.42 Å². The zero-order chi connectivity index (χ0) is 14.2. The topological polar surface area (TPSA) is 31.4 Å². The second-order valence-corrected chi connectivity index (χ2v) is 5.15. The van der Waals surface area contributed by atoms with Crippen molar-refractivity contribution < 1.29 is 9.47 Å². The van der Waals surface area contributed by atoms with Crippen molar-refractivity contribution in [1.29, 1.82) is 0 Å². The molecule has 104 valence electrons. The number of pyridine rings is 1. The molecule has 0 saturated carbocycles. The Morgan fingerprint density at radius 2 is 1.86 bits per heavy atom. The lowest BCUT2D eigenvalue weighted by Crippen LogP contribution is -1.92. The second-order valence-electron chi connectivity index (χ2n) is 5.15. The van der Waals surface area contributed by atoms with Gasteiger partial charge in [0.1, 0.15) is 0 Å². The van der Waals surface area contributed by atoms with Crippen molar-refractivity contribution in [2.75, 3.05) is 6.79 Å². The van der Waals surface area contributed by atoms with Crippen molar-refractivity contribution in [3.05, 3.63) is 54.1 Å². The SMILES string of the molecule is CCc1ccc2nc(-c3ccc4c(c3)OCO4)ccc2c1. The van der Waals surface area contributed by atoms with Crippen molar-refractivity contribution in [3.63, 3.8) is 0 Å². The van der Waals surface area contributed by atoms with E-state index in [1.807, 2.05) is 18.2 Å². The van der Waals surface area contributed by atoms with Crippen LogP contribution >= 0.6 is 0 Å². The second kappa shape index (κ2) is 4.77. The van der Waals surface area contributed by atoms with E-state index < -0.39 is 0 Å². The van der Waals surface area contributed by atoms with E-state index in [0.29, 0.717) is 6.79 Å². The van der Waals surface area contributed by atoms with Gasteiger partial charge in [-0.2, -0.15) is 0 Å². The molecule has 2 aromatic carbocycles. The van der Waals surface area contributed by atoms with Crippen LogP contribution < -0.4 is 9.47 Å². The predicted molar refractivity (Wildman–Crippen MR) is 82.7 cm³/mol. The van der Waals surface area contributed by atoms with E-state index in [4.69, 9.17) is 14.5 Å². The van der Waals surface area contributed by atoms with Gasteiger partial charge in [-0.1, -0.05) is 19.1 Å². The standard InChI is InChI=1S/C18H15NO2/c1-2-12-3-6-15-13(9-12)4-7-16(19-15)14-5-8-17-18(10-14)21-11-20-17/h3-10H,2,11H2,1H3. The highest BCUT2D eigenvalue weighted by atomic mass is 16.7. The fourth-order valence-electron chi connectivity index (χ4n) is 2.61. The molecular weight excluding hydrogens is 262 g/mol. The summed E-state index contributed by atoms with van der Waals surface area (Å²) in [4.78, 5) is 4.75. The molecule has 0 N–H and O–H groups in total. The van der Waals surface area contributed by atoms with Gasteiger partial charge >= 0.3 is 0 Å². The molecule has 0 spiro atoms. The number of aryl methyl sites for hydroxylation is 1. The minimum atomic E-state index is 0.295. The predicted octanol–water partition coefficient (Wildman–Crippen LogP) is 4.19. The molecule has 0 amide bonds. The summed E-state index contributed by atoms with van der Waals surface area (Å²) in [6, 6.07) is 16.5. The Kier molecular flexibility index (Phi) is 2.78. The van der Waals surface area contributed by atoms with E-state index in [1.54, 1.807) is 0 Å². The molecule has 0 bridgehead atoms. The molecule has 1 aliphatic heterocycles. The van der Waals surface area contributed by atoms with Crippen LogP contribution in [0.2, 0.25) is 0 Å². The van der Waals surface area contributed by atoms with E-state index in [0.717, 1.165) is 34.7 Å². The lowest BCUT2D eigenvalue weighted by molar-refractivity contribution is 0.174. The molecule has 21 heavy (non-hydrogen) atoms.